The number of hydrogen-bond acceptors (Lipinski definition) is 7. The highest BCUT2D eigenvalue weighted by molar-refractivity contribution is 6.26. The van der Waals surface area contributed by atoms with Gasteiger partial charge in [0.2, 0.25) is 17.6 Å². The molecule has 0 bridgehead atoms. The van der Waals surface area contributed by atoms with Crippen LogP contribution in [0, 0.1) is 0 Å². The average Bonchev–Trinajstić information content (AvgIpc) is 3.19. The lowest BCUT2D eigenvalue weighted by Gasteiger charge is -2.23. The van der Waals surface area contributed by atoms with Gasteiger partial charge in [-0.1, -0.05) is 0 Å². The smallest absolute Gasteiger partial charge is 0.347 e. The van der Waals surface area contributed by atoms with Crippen LogP contribution in [0.1, 0.15) is 25.8 Å². The lowest BCUT2D eigenvalue weighted by Crippen LogP contribution is -2.34. The highest BCUT2D eigenvalue weighted by atomic mass is 16.5. The van der Waals surface area contributed by atoms with Crippen LogP contribution in [0.5, 0.6) is 0 Å². The zero-order valence-electron chi connectivity index (χ0n) is 17.5. The van der Waals surface area contributed by atoms with E-state index in [0.29, 0.717) is 38.2 Å². The molecule has 0 spiro atoms. The van der Waals surface area contributed by atoms with Gasteiger partial charge in [0.05, 0.1) is 6.61 Å². The second-order valence-electron chi connectivity index (χ2n) is 7.33. The molecule has 9 nitrogen and oxygen atoms in total. The molecule has 0 saturated carbocycles. The molecule has 0 radical (unpaired) electrons. The molecule has 162 valence electrons. The van der Waals surface area contributed by atoms with Gasteiger partial charge in [-0.2, -0.15) is 0 Å². The van der Waals surface area contributed by atoms with Crippen molar-refractivity contribution < 1.29 is 23.9 Å². The summed E-state index contributed by atoms with van der Waals surface area (Å²) in [5.74, 6) is -0.981. The van der Waals surface area contributed by atoms with Crippen LogP contribution in [0.25, 0.3) is 17.1 Å². The van der Waals surface area contributed by atoms with Crippen molar-refractivity contribution in [2.45, 2.75) is 20.3 Å². The fourth-order valence-electron chi connectivity index (χ4n) is 3.80. The molecule has 0 unspecified atom stereocenters. The van der Waals surface area contributed by atoms with Crippen molar-refractivity contribution in [2.24, 2.45) is 0 Å². The first-order valence-corrected chi connectivity index (χ1v) is 10.3. The van der Waals surface area contributed by atoms with Crippen molar-refractivity contribution in [3.05, 3.63) is 47.3 Å². The number of H-pyrrole nitrogens is 1. The SMILES string of the molecule is CCOC(=O)C1=C(N2CCCN(C(C)=O)CC2)O/C(=C\c2c[nH]c3ncccc23)C1=O. The van der Waals surface area contributed by atoms with E-state index in [9.17, 15) is 14.4 Å². The van der Waals surface area contributed by atoms with Gasteiger partial charge in [-0.05, 0) is 31.6 Å². The highest BCUT2D eigenvalue weighted by Gasteiger charge is 2.39. The molecule has 1 N–H and O–H groups in total. The molecule has 1 saturated heterocycles. The second kappa shape index (κ2) is 8.63. The number of nitrogens with zero attached hydrogens (tertiary/aromatic N) is 3. The van der Waals surface area contributed by atoms with E-state index in [1.54, 1.807) is 36.4 Å². The van der Waals surface area contributed by atoms with Crippen molar-refractivity contribution in [2.75, 3.05) is 32.8 Å². The fraction of sp³-hybridized carbons (Fsp3) is 0.364. The maximum Gasteiger partial charge on any atom is 0.347 e. The third kappa shape index (κ3) is 4.03. The number of carbonyl (C=O) groups excluding carboxylic acids is 3. The minimum absolute atomic E-state index is 0.00149. The Morgan fingerprint density at radius 2 is 2.13 bits per heavy atom. The van der Waals surface area contributed by atoms with E-state index in [2.05, 4.69) is 9.97 Å². The number of Topliss-reactive ketones (excluding diaryl/α,β-unsaturated/α-hetero) is 1. The van der Waals surface area contributed by atoms with Gasteiger partial charge in [0.1, 0.15) is 5.65 Å². The van der Waals surface area contributed by atoms with Crippen molar-refractivity contribution in [3.63, 3.8) is 0 Å². The minimum Gasteiger partial charge on any atom is -0.462 e. The molecular weight excluding hydrogens is 400 g/mol. The van der Waals surface area contributed by atoms with Crippen LogP contribution < -0.4 is 0 Å². The lowest BCUT2D eigenvalue weighted by atomic mass is 10.1. The van der Waals surface area contributed by atoms with Gasteiger partial charge in [0.25, 0.3) is 0 Å². The topological polar surface area (TPSA) is 105 Å². The Labute approximate surface area is 179 Å². The second-order valence-corrected chi connectivity index (χ2v) is 7.33. The number of carbonyl (C=O) groups is 3. The molecule has 31 heavy (non-hydrogen) atoms. The van der Waals surface area contributed by atoms with Crippen LogP contribution in [0.3, 0.4) is 0 Å². The Morgan fingerprint density at radius 3 is 2.90 bits per heavy atom. The molecule has 0 atom stereocenters. The number of fused-ring (bicyclic) bond motifs is 1. The first-order chi connectivity index (χ1) is 15.0. The predicted molar refractivity (Wildman–Crippen MR) is 112 cm³/mol. The Balaban J connectivity index is 1.67. The largest absolute Gasteiger partial charge is 0.462 e. The lowest BCUT2D eigenvalue weighted by molar-refractivity contribution is -0.139. The summed E-state index contributed by atoms with van der Waals surface area (Å²) in [6, 6.07) is 3.69. The Morgan fingerprint density at radius 1 is 1.29 bits per heavy atom. The summed E-state index contributed by atoms with van der Waals surface area (Å²) in [6.45, 7) is 5.48. The first-order valence-electron chi connectivity index (χ1n) is 10.3. The molecule has 0 aliphatic carbocycles. The van der Waals surface area contributed by atoms with Gasteiger partial charge in [-0.3, -0.25) is 9.59 Å². The zero-order chi connectivity index (χ0) is 22.0. The number of amides is 1. The number of ether oxygens (including phenoxy) is 2. The molecule has 2 aromatic heterocycles. The number of allylic oxidation sites excluding steroid dienone is 1. The van der Waals surface area contributed by atoms with Gasteiger partial charge >= 0.3 is 5.97 Å². The van der Waals surface area contributed by atoms with E-state index in [1.807, 2.05) is 11.0 Å². The summed E-state index contributed by atoms with van der Waals surface area (Å²) >= 11 is 0. The number of aromatic nitrogens is 2. The van der Waals surface area contributed by atoms with Gasteiger partial charge in [0.15, 0.2) is 11.3 Å². The predicted octanol–water partition coefficient (Wildman–Crippen LogP) is 1.83. The molecule has 2 aliphatic rings. The van der Waals surface area contributed by atoms with Crippen molar-refractivity contribution >= 4 is 34.8 Å². The van der Waals surface area contributed by atoms with E-state index in [4.69, 9.17) is 9.47 Å². The molecular formula is C22H24N4O5. The van der Waals surface area contributed by atoms with E-state index in [-0.39, 0.29) is 29.7 Å². The van der Waals surface area contributed by atoms with Gasteiger partial charge in [0, 0.05) is 56.4 Å². The molecule has 4 rings (SSSR count). The summed E-state index contributed by atoms with van der Waals surface area (Å²) in [5.41, 5.74) is 1.31. The summed E-state index contributed by atoms with van der Waals surface area (Å²) in [5, 5.41) is 0.837. The van der Waals surface area contributed by atoms with E-state index in [0.717, 1.165) is 10.9 Å². The maximum absolute atomic E-state index is 13.1. The van der Waals surface area contributed by atoms with Crippen LogP contribution in [-0.4, -0.2) is 70.2 Å². The van der Waals surface area contributed by atoms with Crippen LogP contribution >= 0.6 is 0 Å². The van der Waals surface area contributed by atoms with Crippen molar-refractivity contribution in [1.82, 2.24) is 19.8 Å². The van der Waals surface area contributed by atoms with Crippen molar-refractivity contribution in [1.29, 1.82) is 0 Å². The Kier molecular flexibility index (Phi) is 5.75. The summed E-state index contributed by atoms with van der Waals surface area (Å²) in [6.07, 6.45) is 5.72. The van der Waals surface area contributed by atoms with Crippen LogP contribution in [0.15, 0.2) is 41.7 Å². The third-order valence-corrected chi connectivity index (χ3v) is 5.35. The normalized spacial score (nSPS) is 18.5. The summed E-state index contributed by atoms with van der Waals surface area (Å²) in [4.78, 5) is 48.4. The molecule has 1 amide bonds. The molecule has 9 heteroatoms. The number of ketones is 1. The molecule has 2 aromatic rings. The number of nitrogens with one attached hydrogen (secondary N) is 1. The maximum atomic E-state index is 13.1. The van der Waals surface area contributed by atoms with Gasteiger partial charge in [-0.15, -0.1) is 0 Å². The fourth-order valence-corrected chi connectivity index (χ4v) is 3.80. The van der Waals surface area contributed by atoms with Crippen LogP contribution in [0.2, 0.25) is 0 Å². The van der Waals surface area contributed by atoms with Crippen LogP contribution in [-0.2, 0) is 23.9 Å². The number of rotatable bonds is 4. The Bertz CT molecular complexity index is 1100. The monoisotopic (exact) mass is 424 g/mol. The third-order valence-electron chi connectivity index (χ3n) is 5.35. The molecule has 0 aromatic carbocycles. The quantitative estimate of drug-likeness (QED) is 0.454. The number of pyridine rings is 1. The number of aromatic amines is 1. The van der Waals surface area contributed by atoms with Crippen LogP contribution in [0.4, 0.5) is 0 Å². The number of hydrogen-bond donors (Lipinski definition) is 1. The van der Waals surface area contributed by atoms with Crippen molar-refractivity contribution in [3.8, 4) is 0 Å². The molecule has 4 heterocycles. The van der Waals surface area contributed by atoms with E-state index < -0.39 is 11.8 Å². The summed E-state index contributed by atoms with van der Waals surface area (Å²) in [7, 11) is 0. The van der Waals surface area contributed by atoms with E-state index in [1.165, 1.54) is 6.92 Å². The molecule has 2 aliphatic heterocycles. The zero-order valence-corrected chi connectivity index (χ0v) is 17.5. The van der Waals surface area contributed by atoms with Gasteiger partial charge in [-0.25, -0.2) is 9.78 Å². The highest BCUT2D eigenvalue weighted by Crippen LogP contribution is 2.31. The minimum atomic E-state index is -0.709. The molecule has 1 fully saturated rings. The average molecular weight is 424 g/mol. The standard InChI is InChI=1S/C22H24N4O5/c1-3-30-22(29)18-19(28)17(12-15-13-24-20-16(15)6-4-7-23-20)31-21(18)26-9-5-8-25(10-11-26)14(2)27/h4,6-7,12-13H,3,5,8-11H2,1-2H3,(H,23,24)/b17-12-. The Hall–Kier alpha value is -3.62. The first kappa shape index (κ1) is 20.6. The van der Waals surface area contributed by atoms with E-state index >= 15 is 0 Å². The number of esters is 1. The van der Waals surface area contributed by atoms with Gasteiger partial charge < -0.3 is 24.3 Å². The summed E-state index contributed by atoms with van der Waals surface area (Å²) < 4.78 is 11.1.